The van der Waals surface area contributed by atoms with Gasteiger partial charge in [0.05, 0.1) is 16.8 Å². The van der Waals surface area contributed by atoms with Crippen molar-refractivity contribution < 1.29 is 4.42 Å². The number of anilines is 3. The van der Waals surface area contributed by atoms with Crippen LogP contribution in [-0.4, -0.2) is 0 Å². The molecule has 0 radical (unpaired) electrons. The lowest BCUT2D eigenvalue weighted by molar-refractivity contribution is 0.670. The molecule has 0 aliphatic heterocycles. The number of hydrogen-bond donors (Lipinski definition) is 0. The maximum Gasteiger partial charge on any atom is 0.143 e. The minimum absolute atomic E-state index is 0.544. The van der Waals surface area contributed by atoms with Crippen LogP contribution >= 0.6 is 0 Å². The van der Waals surface area contributed by atoms with E-state index in [-0.39, 0.29) is 0 Å². The first-order valence-corrected chi connectivity index (χ1v) is 21.7. The Labute approximate surface area is 367 Å². The zero-order chi connectivity index (χ0) is 41.7. The smallest absolute Gasteiger partial charge is 0.143 e. The zero-order valence-electron chi connectivity index (χ0n) is 34.5. The van der Waals surface area contributed by atoms with Gasteiger partial charge in [-0.1, -0.05) is 218 Å². The van der Waals surface area contributed by atoms with E-state index in [0.717, 1.165) is 61.3 Å². The fourth-order valence-corrected chi connectivity index (χ4v) is 10.2. The van der Waals surface area contributed by atoms with Crippen molar-refractivity contribution in [1.82, 2.24) is 0 Å². The van der Waals surface area contributed by atoms with Crippen LogP contribution in [0, 0.1) is 0 Å². The average Bonchev–Trinajstić information content (AvgIpc) is 3.90. The molecule has 296 valence electrons. The van der Waals surface area contributed by atoms with Crippen molar-refractivity contribution in [3.05, 3.63) is 271 Å². The topological polar surface area (TPSA) is 16.4 Å². The van der Waals surface area contributed by atoms with E-state index in [2.05, 4.69) is 248 Å². The van der Waals surface area contributed by atoms with Crippen LogP contribution in [0.5, 0.6) is 0 Å². The van der Waals surface area contributed by atoms with Gasteiger partial charge in [-0.25, -0.2) is 0 Å². The maximum atomic E-state index is 6.73. The first-order valence-electron chi connectivity index (χ1n) is 21.7. The highest BCUT2D eigenvalue weighted by Gasteiger charge is 2.47. The Hall–Kier alpha value is -8.20. The van der Waals surface area contributed by atoms with E-state index in [1.807, 2.05) is 6.07 Å². The molecule has 0 spiro atoms. The lowest BCUT2D eigenvalue weighted by Crippen LogP contribution is -2.28. The molecular formula is C61H41NO. The normalized spacial score (nSPS) is 12.6. The molecule has 0 saturated heterocycles. The molecular weight excluding hydrogens is 763 g/mol. The Morgan fingerprint density at radius 3 is 1.60 bits per heavy atom. The van der Waals surface area contributed by atoms with Crippen LogP contribution in [-0.2, 0) is 5.41 Å². The summed E-state index contributed by atoms with van der Waals surface area (Å²) in [4.78, 5) is 2.49. The third kappa shape index (κ3) is 5.87. The van der Waals surface area contributed by atoms with Crippen molar-refractivity contribution in [3.8, 4) is 44.5 Å². The standard InChI is InChI=1S/C61H41NO/c1-4-19-42(20-5-1)43-37-39-44(40-38-43)45-21-16-26-48(41-45)62(56-34-14-11-27-49(56)51-30-17-31-52-50-28-12-15-36-58(50)63-60(51)52)57-35-18-33-55-59(57)53-29-10-13-32-54(53)61(55,46-22-6-2-7-23-46)47-24-8-3-9-25-47/h1-41H. The van der Waals surface area contributed by atoms with Crippen molar-refractivity contribution in [2.45, 2.75) is 5.41 Å². The molecule has 63 heavy (non-hydrogen) atoms. The molecule has 1 heterocycles. The SMILES string of the molecule is c1ccc(-c2ccc(-c3cccc(N(c4ccccc4-c4cccc5c4oc4ccccc45)c4cccc5c4-c4ccccc4C5(c4ccccc4)c4ccccc4)c3)cc2)cc1. The van der Waals surface area contributed by atoms with Gasteiger partial charge < -0.3 is 9.32 Å². The fraction of sp³-hybridized carbons (Fsp3) is 0.0164. The quantitative estimate of drug-likeness (QED) is 0.152. The Bertz CT molecular complexity index is 3400. The number of rotatable bonds is 8. The molecule has 1 aliphatic carbocycles. The fourth-order valence-electron chi connectivity index (χ4n) is 10.2. The molecule has 1 aliphatic rings. The zero-order valence-corrected chi connectivity index (χ0v) is 34.5. The van der Waals surface area contributed by atoms with Gasteiger partial charge in [0.25, 0.3) is 0 Å². The summed E-state index contributed by atoms with van der Waals surface area (Å²) in [6.45, 7) is 0. The minimum Gasteiger partial charge on any atom is -0.455 e. The van der Waals surface area contributed by atoms with Gasteiger partial charge >= 0.3 is 0 Å². The Balaban J connectivity index is 1.13. The monoisotopic (exact) mass is 803 g/mol. The van der Waals surface area contributed by atoms with Crippen molar-refractivity contribution in [1.29, 1.82) is 0 Å². The summed E-state index contributed by atoms with van der Waals surface area (Å²) in [5, 5.41) is 2.22. The minimum atomic E-state index is -0.544. The van der Waals surface area contributed by atoms with E-state index >= 15 is 0 Å². The third-order valence-electron chi connectivity index (χ3n) is 13.0. The molecule has 2 heteroatoms. The first-order chi connectivity index (χ1) is 31.3. The van der Waals surface area contributed by atoms with Crippen molar-refractivity contribution in [2.75, 3.05) is 4.90 Å². The van der Waals surface area contributed by atoms with Gasteiger partial charge in [-0.2, -0.15) is 0 Å². The van der Waals surface area contributed by atoms with E-state index in [1.165, 1.54) is 44.5 Å². The van der Waals surface area contributed by atoms with Crippen LogP contribution in [0.4, 0.5) is 17.1 Å². The van der Waals surface area contributed by atoms with Crippen LogP contribution in [0.2, 0.25) is 0 Å². The first kappa shape index (κ1) is 36.6. The Kier molecular flexibility index (Phi) is 8.76. The van der Waals surface area contributed by atoms with Crippen molar-refractivity contribution in [3.63, 3.8) is 0 Å². The van der Waals surface area contributed by atoms with Gasteiger partial charge in [0.15, 0.2) is 0 Å². The summed E-state index contributed by atoms with van der Waals surface area (Å²) in [5.41, 5.74) is 18.8. The van der Waals surface area contributed by atoms with Crippen LogP contribution in [0.25, 0.3) is 66.4 Å². The molecule has 0 bridgehead atoms. The van der Waals surface area contributed by atoms with E-state index in [4.69, 9.17) is 4.42 Å². The molecule has 0 unspecified atom stereocenters. The van der Waals surface area contributed by atoms with Crippen LogP contribution in [0.3, 0.4) is 0 Å². The summed E-state index contributed by atoms with van der Waals surface area (Å²) >= 11 is 0. The molecule has 0 fully saturated rings. The predicted molar refractivity (Wildman–Crippen MR) is 262 cm³/mol. The summed E-state index contributed by atoms with van der Waals surface area (Å²) in [5.74, 6) is 0. The van der Waals surface area contributed by atoms with Crippen molar-refractivity contribution in [2.24, 2.45) is 0 Å². The second kappa shape index (κ2) is 15.1. The summed E-state index contributed by atoms with van der Waals surface area (Å²) in [6, 6.07) is 90.2. The largest absolute Gasteiger partial charge is 0.455 e. The van der Waals surface area contributed by atoms with Gasteiger partial charge in [0.2, 0.25) is 0 Å². The van der Waals surface area contributed by atoms with E-state index < -0.39 is 5.41 Å². The maximum absolute atomic E-state index is 6.73. The van der Waals surface area contributed by atoms with Crippen LogP contribution in [0.1, 0.15) is 22.3 Å². The van der Waals surface area contributed by atoms with Gasteiger partial charge in [0, 0.05) is 33.2 Å². The summed E-state index contributed by atoms with van der Waals surface area (Å²) < 4.78 is 6.73. The molecule has 10 aromatic carbocycles. The molecule has 12 rings (SSSR count). The van der Waals surface area contributed by atoms with Gasteiger partial charge in [-0.15, -0.1) is 0 Å². The number of fused-ring (bicyclic) bond motifs is 6. The molecule has 1 aromatic heterocycles. The summed E-state index contributed by atoms with van der Waals surface area (Å²) in [7, 11) is 0. The molecule has 0 N–H and O–H groups in total. The van der Waals surface area contributed by atoms with Crippen LogP contribution < -0.4 is 4.90 Å². The summed E-state index contributed by atoms with van der Waals surface area (Å²) in [6.07, 6.45) is 0. The Morgan fingerprint density at radius 2 is 0.841 bits per heavy atom. The average molecular weight is 804 g/mol. The highest BCUT2D eigenvalue weighted by Crippen LogP contribution is 2.60. The molecule has 11 aromatic rings. The Morgan fingerprint density at radius 1 is 0.333 bits per heavy atom. The lowest BCUT2D eigenvalue weighted by atomic mass is 9.68. The number of benzene rings is 10. The second-order valence-electron chi connectivity index (χ2n) is 16.4. The predicted octanol–water partition coefficient (Wildman–Crippen LogP) is 16.4. The number of para-hydroxylation sites is 3. The van der Waals surface area contributed by atoms with E-state index in [0.29, 0.717) is 0 Å². The molecule has 0 saturated carbocycles. The van der Waals surface area contributed by atoms with E-state index in [1.54, 1.807) is 0 Å². The molecule has 0 amide bonds. The number of hydrogen-bond acceptors (Lipinski definition) is 2. The highest BCUT2D eigenvalue weighted by molar-refractivity contribution is 6.11. The lowest BCUT2D eigenvalue weighted by Gasteiger charge is -2.34. The van der Waals surface area contributed by atoms with Gasteiger partial charge in [0.1, 0.15) is 11.2 Å². The molecule has 0 atom stereocenters. The van der Waals surface area contributed by atoms with Crippen molar-refractivity contribution >= 4 is 39.0 Å². The second-order valence-corrected chi connectivity index (χ2v) is 16.4. The van der Waals surface area contributed by atoms with E-state index in [9.17, 15) is 0 Å². The van der Waals surface area contributed by atoms with Gasteiger partial charge in [-0.05, 0) is 80.4 Å². The van der Waals surface area contributed by atoms with Crippen LogP contribution in [0.15, 0.2) is 253 Å². The number of nitrogens with zero attached hydrogens (tertiary/aromatic N) is 1. The number of furan rings is 1. The van der Waals surface area contributed by atoms with Gasteiger partial charge in [-0.3, -0.25) is 0 Å². The third-order valence-corrected chi connectivity index (χ3v) is 13.0. The highest BCUT2D eigenvalue weighted by atomic mass is 16.3. The molecule has 2 nitrogen and oxygen atoms in total.